The molecule has 0 saturated heterocycles. The summed E-state index contributed by atoms with van der Waals surface area (Å²) in [5.41, 5.74) is 2.43. The van der Waals surface area contributed by atoms with Crippen molar-refractivity contribution in [2.45, 2.75) is 18.6 Å². The van der Waals surface area contributed by atoms with Crippen LogP contribution in [-0.2, 0) is 13.5 Å². The molecule has 0 spiro atoms. The predicted octanol–water partition coefficient (Wildman–Crippen LogP) is 0.808. The third-order valence-corrected chi connectivity index (χ3v) is 3.43. The highest BCUT2D eigenvalue weighted by molar-refractivity contribution is 5.92. The number of benzene rings is 1. The van der Waals surface area contributed by atoms with Crippen molar-refractivity contribution in [1.29, 1.82) is 0 Å². The van der Waals surface area contributed by atoms with E-state index in [-0.39, 0.29) is 11.9 Å². The molecule has 0 saturated carbocycles. The van der Waals surface area contributed by atoms with Crippen LogP contribution in [0.1, 0.15) is 27.7 Å². The number of aromatic nitrogens is 2. The van der Waals surface area contributed by atoms with Crippen LogP contribution in [0.5, 0.6) is 0 Å². The van der Waals surface area contributed by atoms with Gasteiger partial charge in [0.2, 0.25) is 0 Å². The fraction of sp³-hybridized carbons (Fsp3) is 0.286. The molecule has 1 aliphatic carbocycles. The van der Waals surface area contributed by atoms with Gasteiger partial charge in [0.15, 0.2) is 0 Å². The first-order valence-corrected chi connectivity index (χ1v) is 6.20. The Morgan fingerprint density at radius 2 is 2.26 bits per heavy atom. The van der Waals surface area contributed by atoms with Crippen LogP contribution in [-0.4, -0.2) is 26.7 Å². The van der Waals surface area contributed by atoms with Crippen LogP contribution >= 0.6 is 0 Å². The molecule has 2 atom stereocenters. The second-order valence-corrected chi connectivity index (χ2v) is 4.85. The van der Waals surface area contributed by atoms with E-state index < -0.39 is 6.10 Å². The fourth-order valence-corrected chi connectivity index (χ4v) is 2.49. The number of imidazole rings is 1. The number of rotatable bonds is 2. The highest BCUT2D eigenvalue weighted by atomic mass is 16.3. The average molecular weight is 257 g/mol. The highest BCUT2D eigenvalue weighted by Gasteiger charge is 2.32. The predicted molar refractivity (Wildman–Crippen MR) is 69.6 cm³/mol. The molecule has 0 bridgehead atoms. The van der Waals surface area contributed by atoms with Gasteiger partial charge in [0, 0.05) is 19.7 Å². The summed E-state index contributed by atoms with van der Waals surface area (Å²) in [5.74, 6) is -0.263. The lowest BCUT2D eigenvalue weighted by Gasteiger charge is -2.17. The first-order valence-electron chi connectivity index (χ1n) is 6.20. The molecule has 19 heavy (non-hydrogen) atoms. The number of amides is 1. The molecule has 1 aliphatic rings. The molecule has 5 nitrogen and oxygen atoms in total. The largest absolute Gasteiger partial charge is 0.390 e. The Labute approximate surface area is 110 Å². The van der Waals surface area contributed by atoms with Crippen molar-refractivity contribution < 1.29 is 9.90 Å². The molecule has 0 radical (unpaired) electrons. The van der Waals surface area contributed by atoms with Gasteiger partial charge in [-0.1, -0.05) is 24.3 Å². The van der Waals surface area contributed by atoms with Crippen molar-refractivity contribution in [2.24, 2.45) is 7.05 Å². The molecule has 3 rings (SSSR count). The number of nitrogens with one attached hydrogen (secondary N) is 1. The van der Waals surface area contributed by atoms with E-state index in [0.717, 1.165) is 11.1 Å². The summed E-state index contributed by atoms with van der Waals surface area (Å²) < 4.78 is 1.72. The molecule has 0 fully saturated rings. The number of aliphatic hydroxyl groups is 1. The van der Waals surface area contributed by atoms with Crippen LogP contribution in [0.25, 0.3) is 0 Å². The van der Waals surface area contributed by atoms with E-state index in [1.165, 1.54) is 0 Å². The van der Waals surface area contributed by atoms with Crippen molar-refractivity contribution in [1.82, 2.24) is 14.9 Å². The Morgan fingerprint density at radius 3 is 3.00 bits per heavy atom. The summed E-state index contributed by atoms with van der Waals surface area (Å²) in [6.45, 7) is 0. The third-order valence-electron chi connectivity index (χ3n) is 3.43. The van der Waals surface area contributed by atoms with Crippen molar-refractivity contribution in [3.05, 3.63) is 53.6 Å². The maximum atomic E-state index is 12.1. The zero-order chi connectivity index (χ0) is 13.4. The van der Waals surface area contributed by atoms with E-state index in [9.17, 15) is 9.90 Å². The monoisotopic (exact) mass is 257 g/mol. The fourth-order valence-electron chi connectivity index (χ4n) is 2.49. The first kappa shape index (κ1) is 11.9. The number of carbonyl (C=O) groups excluding carboxylic acids is 1. The van der Waals surface area contributed by atoms with Crippen molar-refractivity contribution in [2.75, 3.05) is 0 Å². The number of carbonyl (C=O) groups is 1. The normalized spacial score (nSPS) is 21.2. The van der Waals surface area contributed by atoms with Gasteiger partial charge in [-0.15, -0.1) is 0 Å². The molecule has 0 unspecified atom stereocenters. The van der Waals surface area contributed by atoms with Crippen molar-refractivity contribution in [3.8, 4) is 0 Å². The molecule has 2 N–H and O–H groups in total. The van der Waals surface area contributed by atoms with Crippen molar-refractivity contribution in [3.63, 3.8) is 0 Å². The Hall–Kier alpha value is -2.14. The van der Waals surface area contributed by atoms with Gasteiger partial charge in [-0.2, -0.15) is 0 Å². The minimum atomic E-state index is -0.579. The van der Waals surface area contributed by atoms with E-state index in [4.69, 9.17) is 0 Å². The maximum Gasteiger partial charge on any atom is 0.272 e. The summed E-state index contributed by atoms with van der Waals surface area (Å²) in [6, 6.07) is 7.41. The number of aryl methyl sites for hydroxylation is 1. The zero-order valence-corrected chi connectivity index (χ0v) is 10.6. The minimum absolute atomic E-state index is 0.263. The molecule has 1 heterocycles. The first-order chi connectivity index (χ1) is 9.15. The van der Waals surface area contributed by atoms with Crippen LogP contribution in [0, 0.1) is 0 Å². The van der Waals surface area contributed by atoms with Crippen LogP contribution in [0.3, 0.4) is 0 Å². The average Bonchev–Trinajstić information content (AvgIpc) is 2.95. The van der Waals surface area contributed by atoms with E-state index in [2.05, 4.69) is 10.3 Å². The summed E-state index contributed by atoms with van der Waals surface area (Å²) in [5, 5.41) is 12.9. The van der Waals surface area contributed by atoms with Gasteiger partial charge in [0.25, 0.3) is 5.91 Å². The Kier molecular flexibility index (Phi) is 2.83. The summed E-state index contributed by atoms with van der Waals surface area (Å²) >= 11 is 0. The Morgan fingerprint density at radius 1 is 1.47 bits per heavy atom. The summed E-state index contributed by atoms with van der Waals surface area (Å²) in [6.07, 6.45) is 3.23. The van der Waals surface area contributed by atoms with E-state index >= 15 is 0 Å². The number of fused-ring (bicyclic) bond motifs is 1. The second-order valence-electron chi connectivity index (χ2n) is 4.85. The van der Waals surface area contributed by atoms with Gasteiger partial charge in [0.1, 0.15) is 5.69 Å². The Bertz CT molecular complexity index is 621. The lowest BCUT2D eigenvalue weighted by Crippen LogP contribution is -2.34. The summed E-state index contributed by atoms with van der Waals surface area (Å²) in [4.78, 5) is 16.1. The SMILES string of the molecule is Cn1cnc(C(=O)N[C@H]2c3ccccc3C[C@H]2O)c1. The van der Waals surface area contributed by atoms with E-state index in [0.29, 0.717) is 12.1 Å². The molecule has 1 aromatic heterocycles. The number of hydrogen-bond acceptors (Lipinski definition) is 3. The van der Waals surface area contributed by atoms with Crippen LogP contribution in [0.4, 0.5) is 0 Å². The summed E-state index contributed by atoms with van der Waals surface area (Å²) in [7, 11) is 1.81. The van der Waals surface area contributed by atoms with Gasteiger partial charge >= 0.3 is 0 Å². The topological polar surface area (TPSA) is 67.2 Å². The van der Waals surface area contributed by atoms with Crippen LogP contribution in [0.2, 0.25) is 0 Å². The van der Waals surface area contributed by atoms with Gasteiger partial charge < -0.3 is 15.0 Å². The van der Waals surface area contributed by atoms with Gasteiger partial charge in [-0.3, -0.25) is 4.79 Å². The lowest BCUT2D eigenvalue weighted by molar-refractivity contribution is 0.0854. The van der Waals surface area contributed by atoms with Gasteiger partial charge in [0.05, 0.1) is 18.5 Å². The molecule has 1 aromatic carbocycles. The van der Waals surface area contributed by atoms with Crippen LogP contribution < -0.4 is 5.32 Å². The minimum Gasteiger partial charge on any atom is -0.390 e. The molecule has 5 heteroatoms. The molecule has 0 aliphatic heterocycles. The maximum absolute atomic E-state index is 12.1. The standard InChI is InChI=1S/C14H15N3O2/c1-17-7-11(15-8-17)14(19)16-13-10-5-3-2-4-9(10)6-12(13)18/h2-5,7-8,12-13,18H,6H2,1H3,(H,16,19)/t12-,13+/m1/s1. The number of aliphatic hydroxyl groups excluding tert-OH is 1. The second kappa shape index (κ2) is 4.51. The quantitative estimate of drug-likeness (QED) is 0.836. The third kappa shape index (κ3) is 2.13. The van der Waals surface area contributed by atoms with Gasteiger partial charge in [-0.05, 0) is 11.1 Å². The van der Waals surface area contributed by atoms with E-state index in [1.54, 1.807) is 17.1 Å². The molecular formula is C14H15N3O2. The lowest BCUT2D eigenvalue weighted by atomic mass is 10.1. The van der Waals surface area contributed by atoms with E-state index in [1.807, 2.05) is 31.3 Å². The number of hydrogen-bond donors (Lipinski definition) is 2. The number of nitrogens with zero attached hydrogens (tertiary/aromatic N) is 2. The molecular weight excluding hydrogens is 242 g/mol. The van der Waals surface area contributed by atoms with Crippen molar-refractivity contribution >= 4 is 5.91 Å². The van der Waals surface area contributed by atoms with Gasteiger partial charge in [-0.25, -0.2) is 4.98 Å². The smallest absolute Gasteiger partial charge is 0.272 e. The highest BCUT2D eigenvalue weighted by Crippen LogP contribution is 2.31. The Balaban J connectivity index is 1.82. The molecule has 98 valence electrons. The van der Waals surface area contributed by atoms with Crippen LogP contribution in [0.15, 0.2) is 36.8 Å². The molecule has 1 amide bonds. The zero-order valence-electron chi connectivity index (χ0n) is 10.6. The molecule has 2 aromatic rings.